The maximum Gasteiger partial charge on any atom is 0.126 e. The van der Waals surface area contributed by atoms with Crippen molar-refractivity contribution in [3.05, 3.63) is 47.9 Å². The second-order valence-electron chi connectivity index (χ2n) is 3.96. The number of hydrogen-bond acceptors (Lipinski definition) is 4. The Morgan fingerprint density at radius 2 is 2.06 bits per heavy atom. The molecule has 0 aliphatic carbocycles. The molecule has 4 nitrogen and oxygen atoms in total. The minimum atomic E-state index is 0.727. The standard InChI is InChI=1S/C13H16N4/c1-10-8-13(17-9-12(10)14)16-7-4-11-2-5-15-6-3-11/h2-3,5-6,8-9H,4,7,14H2,1H3,(H,16,17). The molecule has 0 aromatic carbocycles. The molecule has 0 radical (unpaired) electrons. The van der Waals surface area contributed by atoms with Gasteiger partial charge in [0.05, 0.1) is 11.9 Å². The summed E-state index contributed by atoms with van der Waals surface area (Å²) < 4.78 is 0. The third-order valence-corrected chi connectivity index (χ3v) is 2.62. The lowest BCUT2D eigenvalue weighted by atomic mass is 10.2. The fraction of sp³-hybridized carbons (Fsp3) is 0.231. The van der Waals surface area contributed by atoms with Gasteiger partial charge in [-0.3, -0.25) is 4.98 Å². The van der Waals surface area contributed by atoms with Crippen LogP contribution in [0.25, 0.3) is 0 Å². The Morgan fingerprint density at radius 3 is 2.76 bits per heavy atom. The fourth-order valence-electron chi connectivity index (χ4n) is 1.55. The van der Waals surface area contributed by atoms with Crippen molar-refractivity contribution >= 4 is 11.5 Å². The SMILES string of the molecule is Cc1cc(NCCc2ccncc2)ncc1N. The molecule has 0 saturated carbocycles. The van der Waals surface area contributed by atoms with Crippen LogP contribution in [0.3, 0.4) is 0 Å². The Labute approximate surface area is 101 Å². The summed E-state index contributed by atoms with van der Waals surface area (Å²) in [6, 6.07) is 5.99. The Balaban J connectivity index is 1.88. The molecule has 2 heterocycles. The summed E-state index contributed by atoms with van der Waals surface area (Å²) in [4.78, 5) is 8.21. The zero-order valence-corrected chi connectivity index (χ0v) is 9.85. The van der Waals surface area contributed by atoms with Gasteiger partial charge < -0.3 is 11.1 Å². The fourth-order valence-corrected chi connectivity index (χ4v) is 1.55. The van der Waals surface area contributed by atoms with Gasteiger partial charge in [-0.05, 0) is 42.7 Å². The van der Waals surface area contributed by atoms with Crippen molar-refractivity contribution in [2.75, 3.05) is 17.6 Å². The number of rotatable bonds is 4. The molecule has 0 fully saturated rings. The molecule has 2 aromatic rings. The topological polar surface area (TPSA) is 63.8 Å². The molecule has 3 N–H and O–H groups in total. The number of pyridine rings is 2. The molecule has 0 spiro atoms. The van der Waals surface area contributed by atoms with Crippen molar-refractivity contribution in [3.8, 4) is 0 Å². The van der Waals surface area contributed by atoms with Gasteiger partial charge in [-0.1, -0.05) is 0 Å². The molecule has 0 aliphatic rings. The van der Waals surface area contributed by atoms with Crippen LogP contribution >= 0.6 is 0 Å². The summed E-state index contributed by atoms with van der Waals surface area (Å²) in [5.74, 6) is 0.866. The predicted molar refractivity (Wildman–Crippen MR) is 69.8 cm³/mol. The van der Waals surface area contributed by atoms with Gasteiger partial charge >= 0.3 is 0 Å². The van der Waals surface area contributed by atoms with Crippen LogP contribution in [-0.4, -0.2) is 16.5 Å². The zero-order chi connectivity index (χ0) is 12.1. The summed E-state index contributed by atoms with van der Waals surface area (Å²) in [6.45, 7) is 2.82. The van der Waals surface area contributed by atoms with Crippen molar-refractivity contribution < 1.29 is 0 Å². The van der Waals surface area contributed by atoms with E-state index < -0.39 is 0 Å². The Hall–Kier alpha value is -2.10. The lowest BCUT2D eigenvalue weighted by Crippen LogP contribution is -2.07. The van der Waals surface area contributed by atoms with Crippen LogP contribution < -0.4 is 11.1 Å². The van der Waals surface area contributed by atoms with Crippen LogP contribution in [0.4, 0.5) is 11.5 Å². The van der Waals surface area contributed by atoms with Gasteiger partial charge in [-0.2, -0.15) is 0 Å². The van der Waals surface area contributed by atoms with Gasteiger partial charge in [-0.25, -0.2) is 4.98 Å². The molecular formula is C13H16N4. The van der Waals surface area contributed by atoms with Gasteiger partial charge in [-0.15, -0.1) is 0 Å². The highest BCUT2D eigenvalue weighted by Crippen LogP contribution is 2.12. The van der Waals surface area contributed by atoms with E-state index in [0.717, 1.165) is 30.0 Å². The number of nitrogens with two attached hydrogens (primary N) is 1. The van der Waals surface area contributed by atoms with Gasteiger partial charge in [0.2, 0.25) is 0 Å². The third kappa shape index (κ3) is 3.17. The average molecular weight is 228 g/mol. The highest BCUT2D eigenvalue weighted by Gasteiger charge is 1.98. The molecular weight excluding hydrogens is 212 g/mol. The third-order valence-electron chi connectivity index (χ3n) is 2.62. The second kappa shape index (κ2) is 5.30. The highest BCUT2D eigenvalue weighted by molar-refractivity contribution is 5.50. The number of nitrogens with one attached hydrogen (secondary N) is 1. The van der Waals surface area contributed by atoms with E-state index in [0.29, 0.717) is 0 Å². The van der Waals surface area contributed by atoms with Crippen LogP contribution in [0.5, 0.6) is 0 Å². The zero-order valence-electron chi connectivity index (χ0n) is 9.85. The number of aryl methyl sites for hydroxylation is 1. The van der Waals surface area contributed by atoms with Crippen LogP contribution in [0, 0.1) is 6.92 Å². The van der Waals surface area contributed by atoms with E-state index in [1.807, 2.05) is 25.1 Å². The molecule has 0 unspecified atom stereocenters. The molecule has 2 rings (SSSR count). The van der Waals surface area contributed by atoms with Gasteiger partial charge in [0.15, 0.2) is 0 Å². The number of nitrogen functional groups attached to an aromatic ring is 1. The monoisotopic (exact) mass is 228 g/mol. The first kappa shape index (κ1) is 11.4. The largest absolute Gasteiger partial charge is 0.397 e. The lowest BCUT2D eigenvalue weighted by Gasteiger charge is -2.07. The quantitative estimate of drug-likeness (QED) is 0.840. The van der Waals surface area contributed by atoms with Crippen LogP contribution in [0.1, 0.15) is 11.1 Å². The minimum Gasteiger partial charge on any atom is -0.397 e. The summed E-state index contributed by atoms with van der Waals surface area (Å²) >= 11 is 0. The number of hydrogen-bond donors (Lipinski definition) is 2. The lowest BCUT2D eigenvalue weighted by molar-refractivity contribution is 0.999. The van der Waals surface area contributed by atoms with Crippen molar-refractivity contribution in [1.82, 2.24) is 9.97 Å². The molecule has 0 atom stereocenters. The normalized spacial score (nSPS) is 10.2. The maximum atomic E-state index is 5.71. The summed E-state index contributed by atoms with van der Waals surface area (Å²) in [6.07, 6.45) is 6.25. The van der Waals surface area contributed by atoms with Gasteiger partial charge in [0.25, 0.3) is 0 Å². The number of nitrogens with zero attached hydrogens (tertiary/aromatic N) is 2. The van der Waals surface area contributed by atoms with Gasteiger partial charge in [0, 0.05) is 18.9 Å². The first-order valence-corrected chi connectivity index (χ1v) is 5.60. The van der Waals surface area contributed by atoms with Gasteiger partial charge in [0.1, 0.15) is 5.82 Å². The second-order valence-corrected chi connectivity index (χ2v) is 3.96. The number of anilines is 2. The van der Waals surface area contributed by atoms with Crippen molar-refractivity contribution in [2.45, 2.75) is 13.3 Å². The maximum absolute atomic E-state index is 5.71. The molecule has 0 aliphatic heterocycles. The van der Waals surface area contributed by atoms with Crippen molar-refractivity contribution in [3.63, 3.8) is 0 Å². The van der Waals surface area contributed by atoms with E-state index in [-0.39, 0.29) is 0 Å². The molecule has 0 amide bonds. The Kier molecular flexibility index (Phi) is 3.55. The Bertz CT molecular complexity index is 482. The van der Waals surface area contributed by atoms with Crippen LogP contribution in [-0.2, 0) is 6.42 Å². The smallest absolute Gasteiger partial charge is 0.126 e. The summed E-state index contributed by atoms with van der Waals surface area (Å²) in [5, 5.41) is 3.27. The first-order chi connectivity index (χ1) is 8.25. The van der Waals surface area contributed by atoms with Crippen molar-refractivity contribution in [2.24, 2.45) is 0 Å². The van der Waals surface area contributed by atoms with E-state index in [4.69, 9.17) is 5.73 Å². The molecule has 2 aromatic heterocycles. The predicted octanol–water partition coefficient (Wildman–Crippen LogP) is 2.02. The van der Waals surface area contributed by atoms with E-state index >= 15 is 0 Å². The molecule has 17 heavy (non-hydrogen) atoms. The van der Waals surface area contributed by atoms with E-state index in [9.17, 15) is 0 Å². The number of aromatic nitrogens is 2. The van der Waals surface area contributed by atoms with E-state index in [1.54, 1.807) is 18.6 Å². The molecule has 0 saturated heterocycles. The average Bonchev–Trinajstić information content (AvgIpc) is 2.35. The molecule has 4 heteroatoms. The molecule has 88 valence electrons. The highest BCUT2D eigenvalue weighted by atomic mass is 15.0. The summed E-state index contributed by atoms with van der Waals surface area (Å²) in [7, 11) is 0. The minimum absolute atomic E-state index is 0.727. The Morgan fingerprint density at radius 1 is 1.29 bits per heavy atom. The van der Waals surface area contributed by atoms with Crippen LogP contribution in [0.2, 0.25) is 0 Å². The summed E-state index contributed by atoms with van der Waals surface area (Å²) in [5.41, 5.74) is 8.75. The van der Waals surface area contributed by atoms with Crippen LogP contribution in [0.15, 0.2) is 36.8 Å². The van der Waals surface area contributed by atoms with E-state index in [2.05, 4.69) is 15.3 Å². The first-order valence-electron chi connectivity index (χ1n) is 5.60. The molecule has 0 bridgehead atoms. The van der Waals surface area contributed by atoms with E-state index in [1.165, 1.54) is 5.56 Å². The van der Waals surface area contributed by atoms with Crippen molar-refractivity contribution in [1.29, 1.82) is 0 Å².